The van der Waals surface area contributed by atoms with Crippen molar-refractivity contribution in [3.05, 3.63) is 75.2 Å². The van der Waals surface area contributed by atoms with Gasteiger partial charge >= 0.3 is 6.18 Å². The van der Waals surface area contributed by atoms with Crippen molar-refractivity contribution in [1.82, 2.24) is 34.7 Å². The number of pyridine rings is 1. The van der Waals surface area contributed by atoms with Crippen LogP contribution in [0.25, 0.3) is 11.0 Å². The molecule has 0 aliphatic heterocycles. The van der Waals surface area contributed by atoms with Crippen LogP contribution in [-0.2, 0) is 6.18 Å². The minimum atomic E-state index is -4.57. The summed E-state index contributed by atoms with van der Waals surface area (Å²) in [6, 6.07) is 3.41. The van der Waals surface area contributed by atoms with Gasteiger partial charge in [-0.05, 0) is 31.4 Å². The highest BCUT2D eigenvalue weighted by Gasteiger charge is 2.38. The fourth-order valence-corrected chi connectivity index (χ4v) is 4.29. The zero-order chi connectivity index (χ0) is 25.6. The van der Waals surface area contributed by atoms with Gasteiger partial charge in [-0.2, -0.15) is 23.5 Å². The molecule has 1 aliphatic rings. The van der Waals surface area contributed by atoms with Gasteiger partial charge in [0, 0.05) is 30.4 Å². The maximum atomic E-state index is 13.0. The predicted molar refractivity (Wildman–Crippen MR) is 121 cm³/mol. The standard InChI is InChI=1S/C24H17F3N8O/c1-3-13-9-30-20(31-10-13)15-5-6-16(15)21-32-22-19(23(36)33-21)17(8-28)34-35(22)12(2)14-4-7-18(29-11-14)24(25,26)27/h1,4,7,9-12,15-16H,5-6H2,2H3,(H,32,33,36)/t12-,15+,16+/m1/s1. The first-order chi connectivity index (χ1) is 17.2. The van der Waals surface area contributed by atoms with Crippen molar-refractivity contribution < 1.29 is 13.2 Å². The van der Waals surface area contributed by atoms with Crippen LogP contribution < -0.4 is 5.56 Å². The average Bonchev–Trinajstić information content (AvgIpc) is 3.22. The van der Waals surface area contributed by atoms with Gasteiger partial charge in [-0.3, -0.25) is 9.78 Å². The summed E-state index contributed by atoms with van der Waals surface area (Å²) in [7, 11) is 0. The molecule has 0 spiro atoms. The number of hydrogen-bond acceptors (Lipinski definition) is 7. The van der Waals surface area contributed by atoms with Gasteiger partial charge in [0.2, 0.25) is 0 Å². The highest BCUT2D eigenvalue weighted by molar-refractivity contribution is 5.80. The highest BCUT2D eigenvalue weighted by Crippen LogP contribution is 2.46. The lowest BCUT2D eigenvalue weighted by atomic mass is 9.72. The second-order valence-electron chi connectivity index (χ2n) is 8.47. The molecule has 1 saturated carbocycles. The molecule has 0 saturated heterocycles. The molecule has 36 heavy (non-hydrogen) atoms. The van der Waals surface area contributed by atoms with Crippen molar-refractivity contribution in [2.75, 3.05) is 0 Å². The van der Waals surface area contributed by atoms with Crippen LogP contribution in [0.3, 0.4) is 0 Å². The number of H-pyrrole nitrogens is 1. The summed E-state index contributed by atoms with van der Waals surface area (Å²) in [5, 5.41) is 13.8. The Balaban J connectivity index is 1.55. The molecule has 1 aliphatic carbocycles. The van der Waals surface area contributed by atoms with E-state index < -0.39 is 23.5 Å². The zero-order valence-electron chi connectivity index (χ0n) is 18.8. The molecule has 0 radical (unpaired) electrons. The van der Waals surface area contributed by atoms with Gasteiger partial charge in [0.25, 0.3) is 5.56 Å². The molecule has 4 heterocycles. The molecule has 3 atom stereocenters. The highest BCUT2D eigenvalue weighted by atomic mass is 19.4. The number of halogens is 3. The number of nitrogens with one attached hydrogen (secondary N) is 1. The molecule has 1 N–H and O–H groups in total. The minimum absolute atomic E-state index is 0.0125. The number of nitriles is 1. The smallest absolute Gasteiger partial charge is 0.310 e. The lowest BCUT2D eigenvalue weighted by Gasteiger charge is -2.34. The van der Waals surface area contributed by atoms with Crippen molar-refractivity contribution in [2.24, 2.45) is 0 Å². The Morgan fingerprint density at radius 2 is 1.89 bits per heavy atom. The van der Waals surface area contributed by atoms with Gasteiger partial charge in [-0.1, -0.05) is 12.0 Å². The SMILES string of the molecule is C#Cc1cnc([C@H]2CC[C@@H]2c2nc3c(c(C#N)nn3[C@H](C)c3ccc(C(F)(F)F)nc3)c(=O)[nH]2)nc1. The first-order valence-corrected chi connectivity index (χ1v) is 11.0. The van der Waals surface area contributed by atoms with E-state index in [0.29, 0.717) is 22.8 Å². The lowest BCUT2D eigenvalue weighted by molar-refractivity contribution is -0.141. The van der Waals surface area contributed by atoms with Crippen LogP contribution in [0.5, 0.6) is 0 Å². The van der Waals surface area contributed by atoms with Crippen molar-refractivity contribution in [2.45, 2.75) is 43.8 Å². The third-order valence-electron chi connectivity index (χ3n) is 6.41. The van der Waals surface area contributed by atoms with E-state index in [1.165, 1.54) is 10.7 Å². The summed E-state index contributed by atoms with van der Waals surface area (Å²) in [4.78, 5) is 32.6. The molecule has 180 valence electrons. The van der Waals surface area contributed by atoms with E-state index in [1.807, 2.05) is 6.07 Å². The Morgan fingerprint density at radius 1 is 1.17 bits per heavy atom. The van der Waals surface area contributed by atoms with Crippen LogP contribution in [-0.4, -0.2) is 34.7 Å². The molecule has 4 aromatic heterocycles. The van der Waals surface area contributed by atoms with Crippen molar-refractivity contribution >= 4 is 11.0 Å². The number of rotatable bonds is 4. The molecule has 0 bridgehead atoms. The van der Waals surface area contributed by atoms with Crippen LogP contribution >= 0.6 is 0 Å². The first-order valence-electron chi connectivity index (χ1n) is 11.0. The van der Waals surface area contributed by atoms with Crippen LogP contribution in [0.4, 0.5) is 13.2 Å². The summed E-state index contributed by atoms with van der Waals surface area (Å²) in [5.41, 5.74) is -0.551. The zero-order valence-corrected chi connectivity index (χ0v) is 18.8. The summed E-state index contributed by atoms with van der Waals surface area (Å²) in [6.45, 7) is 1.67. The molecule has 0 aromatic carbocycles. The number of aromatic nitrogens is 7. The van der Waals surface area contributed by atoms with Gasteiger partial charge < -0.3 is 4.98 Å². The van der Waals surface area contributed by atoms with Crippen LogP contribution in [0, 0.1) is 23.7 Å². The van der Waals surface area contributed by atoms with E-state index in [2.05, 4.69) is 35.9 Å². The van der Waals surface area contributed by atoms with E-state index in [9.17, 15) is 23.2 Å². The van der Waals surface area contributed by atoms with E-state index >= 15 is 0 Å². The monoisotopic (exact) mass is 490 g/mol. The molecular formula is C24H17F3N8O. The van der Waals surface area contributed by atoms with Gasteiger partial charge in [0.1, 0.15) is 28.8 Å². The van der Waals surface area contributed by atoms with Gasteiger partial charge in [0.15, 0.2) is 11.3 Å². The Labute approximate surface area is 202 Å². The van der Waals surface area contributed by atoms with Crippen LogP contribution in [0.15, 0.2) is 35.5 Å². The van der Waals surface area contributed by atoms with Crippen LogP contribution in [0.2, 0.25) is 0 Å². The summed E-state index contributed by atoms with van der Waals surface area (Å²) >= 11 is 0. The first kappa shape index (κ1) is 23.2. The average molecular weight is 490 g/mol. The third kappa shape index (κ3) is 3.86. The lowest BCUT2D eigenvalue weighted by Crippen LogP contribution is -2.28. The predicted octanol–water partition coefficient (Wildman–Crippen LogP) is 3.45. The number of aromatic amines is 1. The molecular weight excluding hydrogens is 473 g/mol. The van der Waals surface area contributed by atoms with E-state index in [0.717, 1.165) is 25.1 Å². The second-order valence-corrected chi connectivity index (χ2v) is 8.47. The Hall–Kier alpha value is -4.58. The largest absolute Gasteiger partial charge is 0.433 e. The van der Waals surface area contributed by atoms with Crippen molar-refractivity contribution in [3.8, 4) is 18.4 Å². The van der Waals surface area contributed by atoms with E-state index in [4.69, 9.17) is 6.42 Å². The van der Waals surface area contributed by atoms with E-state index in [-0.39, 0.29) is 28.6 Å². The summed E-state index contributed by atoms with van der Waals surface area (Å²) < 4.78 is 40.1. The van der Waals surface area contributed by atoms with Crippen molar-refractivity contribution in [1.29, 1.82) is 5.26 Å². The second kappa shape index (κ2) is 8.57. The number of terminal acetylenes is 1. The molecule has 4 aromatic rings. The quantitative estimate of drug-likeness (QED) is 0.434. The Kier molecular flexibility index (Phi) is 5.52. The Morgan fingerprint density at radius 3 is 2.44 bits per heavy atom. The van der Waals surface area contributed by atoms with Gasteiger partial charge in [0.05, 0.1) is 11.6 Å². The minimum Gasteiger partial charge on any atom is -0.310 e. The Bertz CT molecular complexity index is 1590. The molecule has 9 nitrogen and oxygen atoms in total. The molecule has 1 fully saturated rings. The normalized spacial score (nSPS) is 18.3. The summed E-state index contributed by atoms with van der Waals surface area (Å²) in [5.74, 6) is 3.20. The molecule has 0 unspecified atom stereocenters. The van der Waals surface area contributed by atoms with Gasteiger partial charge in [-0.25, -0.2) is 19.6 Å². The molecule has 0 amide bonds. The van der Waals surface area contributed by atoms with Gasteiger partial charge in [-0.15, -0.1) is 6.42 Å². The number of nitrogens with zero attached hydrogens (tertiary/aromatic N) is 7. The topological polar surface area (TPSA) is 126 Å². The number of hydrogen-bond donors (Lipinski definition) is 1. The molecule has 5 rings (SSSR count). The van der Waals surface area contributed by atoms with Crippen molar-refractivity contribution in [3.63, 3.8) is 0 Å². The third-order valence-corrected chi connectivity index (χ3v) is 6.41. The molecule has 12 heteroatoms. The van der Waals surface area contributed by atoms with Crippen LogP contribution in [0.1, 0.15) is 71.8 Å². The fourth-order valence-electron chi connectivity index (χ4n) is 4.29. The maximum absolute atomic E-state index is 13.0. The van der Waals surface area contributed by atoms with E-state index in [1.54, 1.807) is 19.3 Å². The number of alkyl halides is 3. The fraction of sp³-hybridized carbons (Fsp3) is 0.292. The maximum Gasteiger partial charge on any atom is 0.433 e. The summed E-state index contributed by atoms with van der Waals surface area (Å²) in [6.07, 6.45) is 6.54. The number of fused-ring (bicyclic) bond motifs is 1.